The quantitative estimate of drug-likeness (QED) is 0.365. The molecular weight excluding hydrogens is 411 g/mol. The van der Waals surface area contributed by atoms with Gasteiger partial charge in [-0.3, -0.25) is 0 Å². The van der Waals surface area contributed by atoms with Crippen LogP contribution in [0.3, 0.4) is 0 Å². The fourth-order valence-electron chi connectivity index (χ4n) is 4.43. The molecule has 0 aliphatic carbocycles. The number of piperidine rings is 1. The van der Waals surface area contributed by atoms with Gasteiger partial charge in [-0.15, -0.1) is 0 Å². The maximum atomic E-state index is 14.7. The number of benzene rings is 1. The molecule has 180 valence electrons. The summed E-state index contributed by atoms with van der Waals surface area (Å²) in [6.45, 7) is 12.6. The lowest BCUT2D eigenvalue weighted by Crippen LogP contribution is -2.38. The van der Waals surface area contributed by atoms with Crippen LogP contribution in [0.5, 0.6) is 0 Å². The molecule has 1 atom stereocenters. The van der Waals surface area contributed by atoms with E-state index < -0.39 is 0 Å². The van der Waals surface area contributed by atoms with Crippen molar-refractivity contribution in [3.63, 3.8) is 0 Å². The number of pyridine rings is 1. The number of unbranched alkanes of at least 4 members (excludes halogenated alkanes) is 1. The Bertz CT molecular complexity index is 914. The number of anilines is 1. The molecule has 0 bridgehead atoms. The van der Waals surface area contributed by atoms with Crippen LogP contribution in [0.2, 0.25) is 0 Å². The normalized spacial score (nSPS) is 16.3. The Hall–Kier alpha value is -2.20. The van der Waals surface area contributed by atoms with Crippen molar-refractivity contribution in [1.29, 1.82) is 0 Å². The number of rotatable bonds is 10. The SMILES string of the molecule is CCCCC(CC)OC1CCN(c2ccc(-c3nc(/C=C(/C)CC)c(C)cc3F)cc2)CC1. The van der Waals surface area contributed by atoms with Gasteiger partial charge in [-0.25, -0.2) is 9.37 Å². The Balaban J connectivity index is 1.65. The van der Waals surface area contributed by atoms with Gasteiger partial charge in [0.2, 0.25) is 0 Å². The van der Waals surface area contributed by atoms with E-state index in [0.29, 0.717) is 17.9 Å². The number of aryl methyl sites for hydroxylation is 1. The van der Waals surface area contributed by atoms with Crippen molar-refractivity contribution in [2.45, 2.75) is 91.8 Å². The van der Waals surface area contributed by atoms with Gasteiger partial charge >= 0.3 is 0 Å². The summed E-state index contributed by atoms with van der Waals surface area (Å²) in [6.07, 6.45) is 10.7. The predicted octanol–water partition coefficient (Wildman–Crippen LogP) is 7.96. The smallest absolute Gasteiger partial charge is 0.149 e. The van der Waals surface area contributed by atoms with Gasteiger partial charge in [0, 0.05) is 24.3 Å². The molecule has 0 saturated carbocycles. The molecule has 1 saturated heterocycles. The average Bonchev–Trinajstić information content (AvgIpc) is 2.84. The maximum Gasteiger partial charge on any atom is 0.149 e. The topological polar surface area (TPSA) is 25.4 Å². The molecule has 3 rings (SSSR count). The third kappa shape index (κ3) is 6.89. The van der Waals surface area contributed by atoms with E-state index in [9.17, 15) is 4.39 Å². The third-order valence-corrected chi connectivity index (χ3v) is 6.81. The minimum Gasteiger partial charge on any atom is -0.375 e. The van der Waals surface area contributed by atoms with Crippen molar-refractivity contribution < 1.29 is 9.13 Å². The second kappa shape index (κ2) is 12.3. The van der Waals surface area contributed by atoms with Crippen molar-refractivity contribution in [3.05, 3.63) is 53.0 Å². The number of halogens is 1. The van der Waals surface area contributed by atoms with Gasteiger partial charge in [0.25, 0.3) is 0 Å². The van der Waals surface area contributed by atoms with Crippen LogP contribution in [0.25, 0.3) is 17.3 Å². The van der Waals surface area contributed by atoms with Gasteiger partial charge in [-0.1, -0.05) is 51.3 Å². The fourth-order valence-corrected chi connectivity index (χ4v) is 4.43. The van der Waals surface area contributed by atoms with Crippen molar-refractivity contribution >= 4 is 11.8 Å². The fraction of sp³-hybridized carbons (Fsp3) is 0.552. The Labute approximate surface area is 200 Å². The molecule has 0 spiro atoms. The van der Waals surface area contributed by atoms with Gasteiger partial charge in [-0.2, -0.15) is 0 Å². The highest BCUT2D eigenvalue weighted by molar-refractivity contribution is 5.66. The first-order valence-electron chi connectivity index (χ1n) is 12.8. The van der Waals surface area contributed by atoms with Gasteiger partial charge in [0.1, 0.15) is 11.5 Å². The van der Waals surface area contributed by atoms with Gasteiger partial charge in [0.05, 0.1) is 17.9 Å². The lowest BCUT2D eigenvalue weighted by Gasteiger charge is -2.35. The Morgan fingerprint density at radius 1 is 1.18 bits per heavy atom. The van der Waals surface area contributed by atoms with Crippen LogP contribution in [0, 0.1) is 12.7 Å². The summed E-state index contributed by atoms with van der Waals surface area (Å²) in [4.78, 5) is 7.07. The molecule has 1 aliphatic rings. The molecule has 2 aromatic rings. The maximum absolute atomic E-state index is 14.7. The highest BCUT2D eigenvalue weighted by Crippen LogP contribution is 2.28. The minimum absolute atomic E-state index is 0.266. The Morgan fingerprint density at radius 3 is 2.48 bits per heavy atom. The molecule has 2 heterocycles. The van der Waals surface area contributed by atoms with E-state index in [4.69, 9.17) is 4.74 Å². The molecule has 1 fully saturated rings. The van der Waals surface area contributed by atoms with Crippen LogP contribution in [-0.2, 0) is 4.74 Å². The van der Waals surface area contributed by atoms with Crippen LogP contribution >= 0.6 is 0 Å². The van der Waals surface area contributed by atoms with E-state index in [1.807, 2.05) is 19.1 Å². The highest BCUT2D eigenvalue weighted by Gasteiger charge is 2.22. The summed E-state index contributed by atoms with van der Waals surface area (Å²) in [5.41, 5.74) is 5.38. The van der Waals surface area contributed by atoms with E-state index in [1.54, 1.807) is 6.07 Å². The van der Waals surface area contributed by atoms with Crippen LogP contribution in [0.15, 0.2) is 35.9 Å². The van der Waals surface area contributed by atoms with E-state index >= 15 is 0 Å². The average molecular weight is 453 g/mol. The third-order valence-electron chi connectivity index (χ3n) is 6.81. The molecule has 1 aliphatic heterocycles. The second-order valence-electron chi connectivity index (χ2n) is 9.41. The van der Waals surface area contributed by atoms with Crippen LogP contribution < -0.4 is 4.90 Å². The highest BCUT2D eigenvalue weighted by atomic mass is 19.1. The van der Waals surface area contributed by atoms with Gasteiger partial charge in [0.15, 0.2) is 0 Å². The molecule has 33 heavy (non-hydrogen) atoms. The number of nitrogens with zero attached hydrogens (tertiary/aromatic N) is 2. The number of ether oxygens (including phenoxy) is 1. The van der Waals surface area contributed by atoms with Crippen LogP contribution in [0.1, 0.15) is 83.9 Å². The molecule has 1 unspecified atom stereocenters. The second-order valence-corrected chi connectivity index (χ2v) is 9.41. The van der Waals surface area contributed by atoms with Crippen LogP contribution in [0.4, 0.5) is 10.1 Å². The predicted molar refractivity (Wildman–Crippen MR) is 138 cm³/mol. The monoisotopic (exact) mass is 452 g/mol. The van der Waals surface area contributed by atoms with E-state index in [2.05, 4.69) is 55.8 Å². The van der Waals surface area contributed by atoms with Crippen molar-refractivity contribution in [1.82, 2.24) is 4.98 Å². The Kier molecular flexibility index (Phi) is 9.49. The van der Waals surface area contributed by atoms with Gasteiger partial charge in [-0.05, 0) is 75.8 Å². The van der Waals surface area contributed by atoms with Crippen molar-refractivity contribution in [2.24, 2.45) is 0 Å². The zero-order valence-corrected chi connectivity index (χ0v) is 21.2. The first-order valence-corrected chi connectivity index (χ1v) is 12.8. The van der Waals surface area contributed by atoms with Crippen LogP contribution in [-0.4, -0.2) is 30.3 Å². The molecule has 0 radical (unpaired) electrons. The standard InChI is InChI=1S/C29H41FN2O/c1-6-9-10-25(8-3)33-26-15-17-32(18-16-26)24-13-11-23(12-14-24)29-27(30)20-22(5)28(31-29)19-21(4)7-2/h11-14,19-20,25-26H,6-10,15-18H2,1-5H3/b21-19-. The minimum atomic E-state index is -0.266. The lowest BCUT2D eigenvalue weighted by atomic mass is 10.0. The molecule has 1 aromatic carbocycles. The summed E-state index contributed by atoms with van der Waals surface area (Å²) >= 11 is 0. The Morgan fingerprint density at radius 2 is 1.88 bits per heavy atom. The van der Waals surface area contributed by atoms with Crippen molar-refractivity contribution in [3.8, 4) is 11.3 Å². The summed E-state index contributed by atoms with van der Waals surface area (Å²) in [7, 11) is 0. The number of allylic oxidation sites excluding steroid dienone is 1. The number of hydrogen-bond donors (Lipinski definition) is 0. The van der Waals surface area contributed by atoms with Gasteiger partial charge < -0.3 is 9.64 Å². The summed E-state index contributed by atoms with van der Waals surface area (Å²) in [6, 6.07) is 9.79. The van der Waals surface area contributed by atoms with Crippen molar-refractivity contribution in [2.75, 3.05) is 18.0 Å². The first kappa shape index (κ1) is 25.4. The zero-order chi connectivity index (χ0) is 23.8. The summed E-state index contributed by atoms with van der Waals surface area (Å²) in [5.74, 6) is -0.266. The number of hydrogen-bond acceptors (Lipinski definition) is 3. The zero-order valence-electron chi connectivity index (χ0n) is 21.2. The molecule has 3 nitrogen and oxygen atoms in total. The summed E-state index contributed by atoms with van der Waals surface area (Å²) < 4.78 is 21.1. The molecule has 1 aromatic heterocycles. The first-order chi connectivity index (χ1) is 15.9. The van der Waals surface area contributed by atoms with E-state index in [1.165, 1.54) is 30.5 Å². The summed E-state index contributed by atoms with van der Waals surface area (Å²) in [5, 5.41) is 0. The molecule has 0 N–H and O–H groups in total. The molecule has 0 amide bonds. The number of aromatic nitrogens is 1. The molecule has 4 heteroatoms. The van der Waals surface area contributed by atoms with E-state index in [-0.39, 0.29) is 5.82 Å². The van der Waals surface area contributed by atoms with E-state index in [0.717, 1.165) is 55.6 Å². The molecular formula is C29H41FN2O. The largest absolute Gasteiger partial charge is 0.375 e. The lowest BCUT2D eigenvalue weighted by molar-refractivity contribution is -0.0296.